The molecule has 29 heavy (non-hydrogen) atoms. The van der Waals surface area contributed by atoms with E-state index in [2.05, 4.69) is 38.5 Å². The molecule has 0 aromatic heterocycles. The van der Waals surface area contributed by atoms with Crippen LogP contribution in [0.2, 0.25) is 0 Å². The summed E-state index contributed by atoms with van der Waals surface area (Å²) in [5, 5.41) is 9.17. The summed E-state index contributed by atoms with van der Waals surface area (Å²) < 4.78 is 6.32. The molecule has 3 N–H and O–H groups in total. The van der Waals surface area contributed by atoms with E-state index < -0.39 is 0 Å². The third-order valence-corrected chi connectivity index (χ3v) is 7.26. The molecule has 0 saturated carbocycles. The molecule has 0 unspecified atom stereocenters. The van der Waals surface area contributed by atoms with Gasteiger partial charge in [0, 0.05) is 33.1 Å². The fraction of sp³-hybridized carbons (Fsp3) is 0.550. The number of hydrogen-bond acceptors (Lipinski definition) is 5. The highest BCUT2D eigenvalue weighted by molar-refractivity contribution is 14.1. The lowest BCUT2D eigenvalue weighted by Gasteiger charge is -2.16. The van der Waals surface area contributed by atoms with Gasteiger partial charge in [-0.3, -0.25) is 9.59 Å². The Morgan fingerprint density at radius 1 is 1.17 bits per heavy atom. The fourth-order valence-electron chi connectivity index (χ4n) is 3.49. The smallest absolute Gasteiger partial charge is 0.315 e. The van der Waals surface area contributed by atoms with E-state index in [-0.39, 0.29) is 30.0 Å². The van der Waals surface area contributed by atoms with Crippen molar-refractivity contribution in [2.45, 2.75) is 49.4 Å². The van der Waals surface area contributed by atoms with Gasteiger partial charge in [0.2, 0.25) is 0 Å². The number of rotatable bonds is 10. The molecule has 2 aliphatic rings. The van der Waals surface area contributed by atoms with E-state index in [0.717, 1.165) is 28.6 Å². The lowest BCUT2D eigenvalue weighted by molar-refractivity contribution is -0.143. The van der Waals surface area contributed by atoms with Gasteiger partial charge in [0.15, 0.2) is 0 Å². The third kappa shape index (κ3) is 6.77. The Bertz CT molecular complexity index is 731. The quantitative estimate of drug-likeness (QED) is 0.187. The molecule has 3 amide bonds. The average Bonchev–Trinajstić information content (AvgIpc) is 3.24. The van der Waals surface area contributed by atoms with Crippen LogP contribution in [0.3, 0.4) is 0 Å². The second kappa shape index (κ2) is 11.1. The van der Waals surface area contributed by atoms with Gasteiger partial charge in [-0.1, -0.05) is 6.42 Å². The van der Waals surface area contributed by atoms with Crippen LogP contribution in [0.5, 0.6) is 0 Å². The van der Waals surface area contributed by atoms with Gasteiger partial charge in [0.25, 0.3) is 5.91 Å². The topological polar surface area (TPSA) is 96.5 Å². The number of nitrogens with one attached hydrogen (secondary N) is 3. The predicted octanol–water partition coefficient (Wildman–Crippen LogP) is 2.68. The highest BCUT2D eigenvalue weighted by Crippen LogP contribution is 2.33. The van der Waals surface area contributed by atoms with Gasteiger partial charge in [-0.2, -0.15) is 11.8 Å². The minimum absolute atomic E-state index is 0.0661. The molecule has 1 aromatic carbocycles. The predicted molar refractivity (Wildman–Crippen MR) is 121 cm³/mol. The first-order valence-electron chi connectivity index (χ1n) is 9.91. The largest absolute Gasteiger partial charge is 0.466 e. The van der Waals surface area contributed by atoms with Gasteiger partial charge < -0.3 is 20.7 Å². The molecule has 0 radical (unpaired) electrons. The SMILES string of the molecule is O=C1N[C@H]2[C@H](CS[C@H]2CCCCC(=O)OCCCNC(=O)c2ccc(I)cc2)N1. The van der Waals surface area contributed by atoms with Crippen LogP contribution in [0.4, 0.5) is 4.79 Å². The van der Waals surface area contributed by atoms with E-state index >= 15 is 0 Å². The van der Waals surface area contributed by atoms with Crippen molar-refractivity contribution in [3.8, 4) is 0 Å². The Morgan fingerprint density at radius 3 is 2.76 bits per heavy atom. The number of esters is 1. The Balaban J connectivity index is 1.19. The second-order valence-electron chi connectivity index (χ2n) is 7.20. The molecule has 2 fully saturated rings. The van der Waals surface area contributed by atoms with Crippen LogP contribution in [0, 0.1) is 3.57 Å². The Morgan fingerprint density at radius 2 is 1.97 bits per heavy atom. The number of benzene rings is 1. The van der Waals surface area contributed by atoms with Crippen molar-refractivity contribution in [1.29, 1.82) is 0 Å². The van der Waals surface area contributed by atoms with Crippen molar-refractivity contribution < 1.29 is 19.1 Å². The van der Waals surface area contributed by atoms with Crippen LogP contribution in [-0.2, 0) is 9.53 Å². The second-order valence-corrected chi connectivity index (χ2v) is 9.72. The molecule has 1 aromatic rings. The van der Waals surface area contributed by atoms with Crippen LogP contribution in [0.25, 0.3) is 0 Å². The maximum atomic E-state index is 12.0. The number of urea groups is 1. The first-order chi connectivity index (χ1) is 14.0. The van der Waals surface area contributed by atoms with Crippen LogP contribution in [0.15, 0.2) is 24.3 Å². The molecular weight excluding hydrogens is 505 g/mol. The van der Waals surface area contributed by atoms with Crippen LogP contribution in [0.1, 0.15) is 42.5 Å². The van der Waals surface area contributed by atoms with Gasteiger partial charge in [0.1, 0.15) is 0 Å². The number of carbonyl (C=O) groups excluding carboxylic acids is 3. The van der Waals surface area contributed by atoms with Gasteiger partial charge in [0.05, 0.1) is 18.7 Å². The Labute approximate surface area is 188 Å². The summed E-state index contributed by atoms with van der Waals surface area (Å²) in [6, 6.07) is 7.76. The van der Waals surface area contributed by atoms with Crippen molar-refractivity contribution >= 4 is 52.3 Å². The molecule has 158 valence electrons. The van der Waals surface area contributed by atoms with E-state index in [9.17, 15) is 14.4 Å². The summed E-state index contributed by atoms with van der Waals surface area (Å²) in [7, 11) is 0. The Hall–Kier alpha value is -1.49. The summed E-state index contributed by atoms with van der Waals surface area (Å²) >= 11 is 4.08. The number of ether oxygens (including phenoxy) is 1. The first kappa shape index (κ1) is 22.2. The van der Waals surface area contributed by atoms with Crippen molar-refractivity contribution in [3.63, 3.8) is 0 Å². The summed E-state index contributed by atoms with van der Waals surface area (Å²) in [5.74, 6) is 0.645. The normalized spacial score (nSPS) is 22.5. The molecule has 0 aliphatic carbocycles. The van der Waals surface area contributed by atoms with Crippen molar-refractivity contribution in [3.05, 3.63) is 33.4 Å². The van der Waals surface area contributed by atoms with E-state index in [4.69, 9.17) is 4.74 Å². The maximum Gasteiger partial charge on any atom is 0.315 e. The summed E-state index contributed by atoms with van der Waals surface area (Å²) in [6.45, 7) is 0.783. The molecule has 9 heteroatoms. The average molecular weight is 531 g/mol. The minimum atomic E-state index is -0.193. The van der Waals surface area contributed by atoms with Crippen LogP contribution >= 0.6 is 34.4 Å². The summed E-state index contributed by atoms with van der Waals surface area (Å²) in [5.41, 5.74) is 0.627. The molecular formula is C20H26IN3O4S. The highest BCUT2D eigenvalue weighted by atomic mass is 127. The van der Waals surface area contributed by atoms with Crippen molar-refractivity contribution in [2.75, 3.05) is 18.9 Å². The monoisotopic (exact) mass is 531 g/mol. The van der Waals surface area contributed by atoms with E-state index in [1.165, 1.54) is 0 Å². The standard InChI is InChI=1S/C20H26IN3O4S/c21-14-8-6-13(7-9-14)19(26)22-10-3-11-28-17(25)5-2-1-4-16-18-15(12-29-16)23-20(27)24-18/h6-9,15-16,18H,1-5,10-12H2,(H,22,26)(H2,23,24,27)/t15-,16-,18-/m0/s1. The van der Waals surface area contributed by atoms with E-state index in [0.29, 0.717) is 36.8 Å². The minimum Gasteiger partial charge on any atom is -0.466 e. The number of carbonyl (C=O) groups is 3. The van der Waals surface area contributed by atoms with Gasteiger partial charge in [-0.05, 0) is 66.1 Å². The summed E-state index contributed by atoms with van der Waals surface area (Å²) in [6.07, 6.45) is 3.73. The molecule has 0 spiro atoms. The zero-order valence-corrected chi connectivity index (χ0v) is 19.1. The number of hydrogen-bond donors (Lipinski definition) is 3. The zero-order chi connectivity index (χ0) is 20.6. The number of fused-ring (bicyclic) bond motifs is 1. The zero-order valence-electron chi connectivity index (χ0n) is 16.1. The van der Waals surface area contributed by atoms with E-state index in [1.54, 1.807) is 12.1 Å². The highest BCUT2D eigenvalue weighted by Gasteiger charge is 2.42. The summed E-state index contributed by atoms with van der Waals surface area (Å²) in [4.78, 5) is 35.2. The lowest BCUT2D eigenvalue weighted by atomic mass is 10.0. The number of thioether (sulfide) groups is 1. The Kier molecular flexibility index (Phi) is 8.46. The number of amides is 3. The van der Waals surface area contributed by atoms with E-state index in [1.807, 2.05) is 23.9 Å². The molecule has 0 bridgehead atoms. The first-order valence-corrected chi connectivity index (χ1v) is 12.0. The molecule has 3 rings (SSSR count). The van der Waals surface area contributed by atoms with Gasteiger partial charge in [-0.15, -0.1) is 0 Å². The molecule has 7 nitrogen and oxygen atoms in total. The third-order valence-electron chi connectivity index (χ3n) is 5.03. The molecule has 2 heterocycles. The lowest BCUT2D eigenvalue weighted by Crippen LogP contribution is -2.36. The van der Waals surface area contributed by atoms with Crippen LogP contribution in [-0.4, -0.2) is 54.1 Å². The van der Waals surface area contributed by atoms with Crippen molar-refractivity contribution in [1.82, 2.24) is 16.0 Å². The fourth-order valence-corrected chi connectivity index (χ4v) is 5.40. The van der Waals surface area contributed by atoms with Gasteiger partial charge in [-0.25, -0.2) is 4.79 Å². The van der Waals surface area contributed by atoms with Crippen molar-refractivity contribution in [2.24, 2.45) is 0 Å². The van der Waals surface area contributed by atoms with Gasteiger partial charge >= 0.3 is 12.0 Å². The molecule has 3 atom stereocenters. The number of halogens is 1. The maximum absolute atomic E-state index is 12.0. The van der Waals surface area contributed by atoms with Crippen LogP contribution < -0.4 is 16.0 Å². The molecule has 2 aliphatic heterocycles. The number of unbranched alkanes of at least 4 members (excludes halogenated alkanes) is 1. The molecule has 2 saturated heterocycles.